The molecule has 7 heteroatoms. The van der Waals surface area contributed by atoms with Gasteiger partial charge in [0.25, 0.3) is 0 Å². The fraction of sp³-hybridized carbons (Fsp3) is 0.692. The summed E-state index contributed by atoms with van der Waals surface area (Å²) in [7, 11) is 0. The van der Waals surface area contributed by atoms with Crippen LogP contribution < -0.4 is 10.6 Å². The van der Waals surface area contributed by atoms with E-state index >= 15 is 0 Å². The zero-order valence-electron chi connectivity index (χ0n) is 11.9. The molecule has 1 aliphatic heterocycles. The summed E-state index contributed by atoms with van der Waals surface area (Å²) in [6.07, 6.45) is 0.442. The Morgan fingerprint density at radius 2 is 2.40 bits per heavy atom. The summed E-state index contributed by atoms with van der Waals surface area (Å²) in [4.78, 5) is 11.8. The molecule has 1 saturated heterocycles. The van der Waals surface area contributed by atoms with Crippen LogP contribution in [0.1, 0.15) is 17.8 Å². The maximum atomic E-state index is 11.8. The molecule has 1 fully saturated rings. The Bertz CT molecular complexity index is 469. The minimum absolute atomic E-state index is 0.0284. The van der Waals surface area contributed by atoms with Gasteiger partial charge in [-0.3, -0.25) is 9.48 Å². The number of rotatable bonds is 5. The lowest BCUT2D eigenvalue weighted by Crippen LogP contribution is -2.44. The van der Waals surface area contributed by atoms with Crippen LogP contribution in [-0.4, -0.2) is 48.0 Å². The van der Waals surface area contributed by atoms with Crippen LogP contribution >= 0.6 is 11.6 Å². The van der Waals surface area contributed by atoms with Gasteiger partial charge < -0.3 is 15.4 Å². The van der Waals surface area contributed by atoms with Gasteiger partial charge in [0, 0.05) is 25.6 Å². The predicted molar refractivity (Wildman–Crippen MR) is 76.9 cm³/mol. The second-order valence-corrected chi connectivity index (χ2v) is 5.37. The van der Waals surface area contributed by atoms with Crippen molar-refractivity contribution in [3.63, 3.8) is 0 Å². The minimum Gasteiger partial charge on any atom is -0.378 e. The van der Waals surface area contributed by atoms with Crippen LogP contribution in [0.4, 0.5) is 0 Å². The molecule has 1 aliphatic rings. The van der Waals surface area contributed by atoms with E-state index in [-0.39, 0.29) is 11.9 Å². The van der Waals surface area contributed by atoms with E-state index < -0.39 is 0 Å². The highest BCUT2D eigenvalue weighted by molar-refractivity contribution is 6.31. The summed E-state index contributed by atoms with van der Waals surface area (Å²) in [5.74, 6) is 0.0284. The topological polar surface area (TPSA) is 68.2 Å². The van der Waals surface area contributed by atoms with Crippen molar-refractivity contribution in [2.45, 2.75) is 32.9 Å². The van der Waals surface area contributed by atoms with Crippen LogP contribution in [0.2, 0.25) is 5.02 Å². The molecular weight excluding hydrogens is 280 g/mol. The third kappa shape index (κ3) is 3.94. The molecule has 0 radical (unpaired) electrons. The van der Waals surface area contributed by atoms with Gasteiger partial charge in [-0.05, 0) is 13.8 Å². The average Bonchev–Trinajstić information content (AvgIpc) is 2.67. The van der Waals surface area contributed by atoms with Crippen LogP contribution in [0.25, 0.3) is 0 Å². The molecule has 0 aliphatic carbocycles. The van der Waals surface area contributed by atoms with Crippen LogP contribution in [-0.2, 0) is 16.1 Å². The summed E-state index contributed by atoms with van der Waals surface area (Å²) >= 11 is 6.08. The number of halogens is 1. The third-order valence-corrected chi connectivity index (χ3v) is 3.92. The Kier molecular flexibility index (Phi) is 5.39. The van der Waals surface area contributed by atoms with Gasteiger partial charge in [0.1, 0.15) is 0 Å². The largest absolute Gasteiger partial charge is 0.378 e. The highest BCUT2D eigenvalue weighted by Gasteiger charge is 2.16. The van der Waals surface area contributed by atoms with Crippen LogP contribution in [0.15, 0.2) is 0 Å². The number of carbonyl (C=O) groups excluding carboxylic acids is 1. The van der Waals surface area contributed by atoms with Gasteiger partial charge in [0.15, 0.2) is 0 Å². The monoisotopic (exact) mass is 300 g/mol. The maximum absolute atomic E-state index is 11.8. The molecule has 1 aromatic rings. The van der Waals surface area contributed by atoms with Crippen molar-refractivity contribution < 1.29 is 9.53 Å². The standard InChI is InChI=1S/C13H21ClN4O2/c1-9-13(14)10(2)18(17-9)5-3-16-12(19)7-11-8-20-6-4-15-11/h11,15H,3-8H2,1-2H3,(H,16,19)/t11-/m1/s1. The van der Waals surface area contributed by atoms with Gasteiger partial charge in [-0.25, -0.2) is 0 Å². The van der Waals surface area contributed by atoms with Crippen molar-refractivity contribution in [1.82, 2.24) is 20.4 Å². The van der Waals surface area contributed by atoms with Crippen molar-refractivity contribution in [2.24, 2.45) is 0 Å². The Morgan fingerprint density at radius 1 is 1.60 bits per heavy atom. The van der Waals surface area contributed by atoms with Gasteiger partial charge in [-0.15, -0.1) is 0 Å². The molecule has 0 bridgehead atoms. The highest BCUT2D eigenvalue weighted by Crippen LogP contribution is 2.18. The first-order valence-electron chi connectivity index (χ1n) is 6.85. The quantitative estimate of drug-likeness (QED) is 0.838. The lowest BCUT2D eigenvalue weighted by Gasteiger charge is -2.23. The lowest BCUT2D eigenvalue weighted by molar-refractivity contribution is -0.122. The zero-order valence-corrected chi connectivity index (χ0v) is 12.7. The molecule has 2 heterocycles. The Morgan fingerprint density at radius 3 is 3.00 bits per heavy atom. The Labute approximate surface area is 123 Å². The number of nitrogens with zero attached hydrogens (tertiary/aromatic N) is 2. The zero-order chi connectivity index (χ0) is 14.5. The fourth-order valence-electron chi connectivity index (χ4n) is 2.24. The SMILES string of the molecule is Cc1nn(CCNC(=O)C[C@@H]2COCCN2)c(C)c1Cl. The van der Waals surface area contributed by atoms with E-state index in [1.165, 1.54) is 0 Å². The third-order valence-electron chi connectivity index (χ3n) is 3.37. The molecule has 1 atom stereocenters. The molecule has 2 N–H and O–H groups in total. The first-order valence-corrected chi connectivity index (χ1v) is 7.23. The van der Waals surface area contributed by atoms with E-state index in [1.807, 2.05) is 18.5 Å². The number of carbonyl (C=O) groups is 1. The van der Waals surface area contributed by atoms with E-state index in [0.717, 1.165) is 24.5 Å². The van der Waals surface area contributed by atoms with Gasteiger partial charge >= 0.3 is 0 Å². The number of hydrogen-bond acceptors (Lipinski definition) is 4. The summed E-state index contributed by atoms with van der Waals surface area (Å²) in [5, 5.41) is 11.2. The summed E-state index contributed by atoms with van der Waals surface area (Å²) in [5.41, 5.74) is 1.75. The number of ether oxygens (including phenoxy) is 1. The average molecular weight is 301 g/mol. The van der Waals surface area contributed by atoms with E-state index in [9.17, 15) is 4.79 Å². The van der Waals surface area contributed by atoms with Crippen molar-refractivity contribution in [1.29, 1.82) is 0 Å². The molecule has 0 aromatic carbocycles. The number of aromatic nitrogens is 2. The smallest absolute Gasteiger partial charge is 0.221 e. The predicted octanol–water partition coefficient (Wildman–Crippen LogP) is 0.648. The van der Waals surface area contributed by atoms with E-state index in [1.54, 1.807) is 0 Å². The van der Waals surface area contributed by atoms with E-state index in [0.29, 0.717) is 31.1 Å². The van der Waals surface area contributed by atoms with Gasteiger partial charge in [0.05, 0.1) is 36.2 Å². The molecule has 2 rings (SSSR count). The Hall–Kier alpha value is -1.11. The van der Waals surface area contributed by atoms with Crippen LogP contribution in [0, 0.1) is 13.8 Å². The molecule has 0 saturated carbocycles. The summed E-state index contributed by atoms with van der Waals surface area (Å²) in [6, 6.07) is 0.117. The van der Waals surface area contributed by atoms with E-state index in [2.05, 4.69) is 15.7 Å². The second kappa shape index (κ2) is 7.06. The molecular formula is C13H21ClN4O2. The first-order chi connectivity index (χ1) is 9.58. The highest BCUT2D eigenvalue weighted by atomic mass is 35.5. The number of amides is 1. The maximum Gasteiger partial charge on any atom is 0.221 e. The van der Waals surface area contributed by atoms with Gasteiger partial charge in [0.2, 0.25) is 5.91 Å². The molecule has 1 amide bonds. The van der Waals surface area contributed by atoms with Crippen molar-refractivity contribution >= 4 is 17.5 Å². The molecule has 112 valence electrons. The summed E-state index contributed by atoms with van der Waals surface area (Å²) in [6.45, 7) is 7.09. The first kappa shape index (κ1) is 15.3. The number of nitrogens with one attached hydrogen (secondary N) is 2. The fourth-order valence-corrected chi connectivity index (χ4v) is 2.38. The van der Waals surface area contributed by atoms with Crippen molar-refractivity contribution in [3.05, 3.63) is 16.4 Å². The van der Waals surface area contributed by atoms with Crippen LogP contribution in [0.5, 0.6) is 0 Å². The number of morpholine rings is 1. The normalized spacial score (nSPS) is 19.1. The Balaban J connectivity index is 1.72. The molecule has 0 unspecified atom stereocenters. The lowest BCUT2D eigenvalue weighted by atomic mass is 10.2. The summed E-state index contributed by atoms with van der Waals surface area (Å²) < 4.78 is 7.14. The van der Waals surface area contributed by atoms with Gasteiger partial charge in [-0.1, -0.05) is 11.6 Å². The second-order valence-electron chi connectivity index (χ2n) is 4.99. The number of hydrogen-bond donors (Lipinski definition) is 2. The molecule has 0 spiro atoms. The molecule has 1 aromatic heterocycles. The van der Waals surface area contributed by atoms with Crippen LogP contribution in [0.3, 0.4) is 0 Å². The van der Waals surface area contributed by atoms with Crippen molar-refractivity contribution in [2.75, 3.05) is 26.3 Å². The number of aryl methyl sites for hydroxylation is 1. The molecule has 6 nitrogen and oxygen atoms in total. The molecule has 20 heavy (non-hydrogen) atoms. The van der Waals surface area contributed by atoms with Gasteiger partial charge in [-0.2, -0.15) is 5.10 Å². The minimum atomic E-state index is 0.0284. The van der Waals surface area contributed by atoms with Crippen molar-refractivity contribution in [3.8, 4) is 0 Å². The van der Waals surface area contributed by atoms with E-state index in [4.69, 9.17) is 16.3 Å².